The number of hydrogen-bond acceptors (Lipinski definition) is 5. The first kappa shape index (κ1) is 13.2. The Kier molecular flexibility index (Phi) is 3.35. The molecule has 0 spiro atoms. The monoisotopic (exact) mass is 262 g/mol. The van der Waals surface area contributed by atoms with E-state index < -0.39 is 11.6 Å². The number of para-hydroxylation sites is 1. The molecule has 2 aromatic rings. The number of benzene rings is 1. The first-order valence-corrected chi connectivity index (χ1v) is 5.71. The lowest BCUT2D eigenvalue weighted by Crippen LogP contribution is -2.41. The third-order valence-corrected chi connectivity index (χ3v) is 2.84. The zero-order valence-corrected chi connectivity index (χ0v) is 10.7. The number of aliphatic hydroxyl groups is 1. The number of hydrogen-bond donors (Lipinski definition) is 1. The molecule has 1 atom stereocenters. The number of carbonyl (C=O) groups excluding carboxylic acids is 1. The summed E-state index contributed by atoms with van der Waals surface area (Å²) in [5, 5.41) is 14.5. The molecule has 6 heteroatoms. The van der Waals surface area contributed by atoms with Crippen molar-refractivity contribution in [3.63, 3.8) is 0 Å². The van der Waals surface area contributed by atoms with Gasteiger partial charge in [0.15, 0.2) is 5.60 Å². The minimum Gasteiger partial charge on any atom is -0.467 e. The molecule has 1 aromatic heterocycles. The van der Waals surface area contributed by atoms with Crippen molar-refractivity contribution in [3.05, 3.63) is 40.7 Å². The van der Waals surface area contributed by atoms with Crippen molar-refractivity contribution < 1.29 is 14.6 Å². The normalized spacial score (nSPS) is 14.1. The van der Waals surface area contributed by atoms with E-state index in [9.17, 15) is 14.7 Å². The van der Waals surface area contributed by atoms with Gasteiger partial charge in [0.05, 0.1) is 25.4 Å². The van der Waals surface area contributed by atoms with E-state index in [0.717, 1.165) is 6.20 Å². The highest BCUT2D eigenvalue weighted by molar-refractivity contribution is 5.80. The summed E-state index contributed by atoms with van der Waals surface area (Å²) in [5.74, 6) is -0.753. The lowest BCUT2D eigenvalue weighted by Gasteiger charge is -2.21. The Hall–Kier alpha value is -2.21. The zero-order valence-electron chi connectivity index (χ0n) is 10.7. The number of esters is 1. The van der Waals surface area contributed by atoms with Crippen LogP contribution in [0.1, 0.15) is 6.92 Å². The van der Waals surface area contributed by atoms with E-state index in [1.54, 1.807) is 24.3 Å². The molecular weight excluding hydrogens is 248 g/mol. The summed E-state index contributed by atoms with van der Waals surface area (Å²) >= 11 is 0. The molecule has 0 aliphatic rings. The van der Waals surface area contributed by atoms with Crippen LogP contribution in [0.4, 0.5) is 0 Å². The first-order valence-electron chi connectivity index (χ1n) is 5.71. The fourth-order valence-corrected chi connectivity index (χ4v) is 1.86. The summed E-state index contributed by atoms with van der Waals surface area (Å²) in [6.45, 7) is 1.24. The Bertz CT molecular complexity index is 676. The predicted molar refractivity (Wildman–Crippen MR) is 68.6 cm³/mol. The Morgan fingerprint density at radius 1 is 1.47 bits per heavy atom. The molecule has 0 saturated heterocycles. The van der Waals surface area contributed by atoms with Crippen LogP contribution >= 0.6 is 0 Å². The lowest BCUT2D eigenvalue weighted by atomic mass is 10.1. The summed E-state index contributed by atoms with van der Waals surface area (Å²) < 4.78 is 5.94. The summed E-state index contributed by atoms with van der Waals surface area (Å²) in [4.78, 5) is 23.1. The molecule has 100 valence electrons. The number of rotatable bonds is 3. The van der Waals surface area contributed by atoms with Gasteiger partial charge in [-0.3, -0.25) is 9.48 Å². The van der Waals surface area contributed by atoms with Crippen LogP contribution in [-0.4, -0.2) is 33.6 Å². The topological polar surface area (TPSA) is 81.4 Å². The van der Waals surface area contributed by atoms with E-state index in [4.69, 9.17) is 0 Å². The second kappa shape index (κ2) is 4.81. The highest BCUT2D eigenvalue weighted by atomic mass is 16.5. The van der Waals surface area contributed by atoms with E-state index in [0.29, 0.717) is 10.9 Å². The highest BCUT2D eigenvalue weighted by Gasteiger charge is 2.32. The quantitative estimate of drug-likeness (QED) is 0.806. The molecule has 1 N–H and O–H groups in total. The summed E-state index contributed by atoms with van der Waals surface area (Å²) in [6, 6.07) is 6.87. The third-order valence-electron chi connectivity index (χ3n) is 2.84. The number of ether oxygens (including phenoxy) is 1. The van der Waals surface area contributed by atoms with E-state index in [2.05, 4.69) is 9.84 Å². The average Bonchev–Trinajstić information content (AvgIpc) is 2.41. The molecule has 0 aliphatic heterocycles. The molecule has 6 nitrogen and oxygen atoms in total. The highest BCUT2D eigenvalue weighted by Crippen LogP contribution is 2.13. The van der Waals surface area contributed by atoms with Crippen LogP contribution in [0, 0.1) is 0 Å². The molecule has 0 bridgehead atoms. The molecule has 19 heavy (non-hydrogen) atoms. The number of carbonyl (C=O) groups is 1. The SMILES string of the molecule is COC(=O)C(C)(O)Cn1ncc(=O)c2ccccc21. The average molecular weight is 262 g/mol. The van der Waals surface area contributed by atoms with E-state index in [1.165, 1.54) is 18.7 Å². The van der Waals surface area contributed by atoms with Gasteiger partial charge in [-0.2, -0.15) is 5.10 Å². The van der Waals surface area contributed by atoms with Gasteiger partial charge in [-0.15, -0.1) is 0 Å². The zero-order chi connectivity index (χ0) is 14.0. The first-order chi connectivity index (χ1) is 8.95. The fraction of sp³-hybridized carbons (Fsp3) is 0.308. The third kappa shape index (κ3) is 2.48. The van der Waals surface area contributed by atoms with Crippen molar-refractivity contribution in [2.24, 2.45) is 0 Å². The van der Waals surface area contributed by atoms with Gasteiger partial charge < -0.3 is 9.84 Å². The maximum absolute atomic E-state index is 11.7. The number of fused-ring (bicyclic) bond motifs is 1. The van der Waals surface area contributed by atoms with Crippen molar-refractivity contribution in [3.8, 4) is 0 Å². The maximum atomic E-state index is 11.7. The number of nitrogens with zero attached hydrogens (tertiary/aromatic N) is 2. The molecule has 0 radical (unpaired) electrons. The molecule has 0 amide bonds. The Morgan fingerprint density at radius 2 is 2.16 bits per heavy atom. The molecule has 1 heterocycles. The van der Waals surface area contributed by atoms with Gasteiger partial charge in [-0.1, -0.05) is 12.1 Å². The van der Waals surface area contributed by atoms with Gasteiger partial charge in [-0.25, -0.2) is 4.79 Å². The Labute approximate surface area is 109 Å². The van der Waals surface area contributed by atoms with Crippen molar-refractivity contribution in [1.82, 2.24) is 9.78 Å². The fourth-order valence-electron chi connectivity index (χ4n) is 1.86. The van der Waals surface area contributed by atoms with Crippen LogP contribution in [0.5, 0.6) is 0 Å². The van der Waals surface area contributed by atoms with Crippen LogP contribution in [0.25, 0.3) is 10.9 Å². The second-order valence-corrected chi connectivity index (χ2v) is 4.45. The van der Waals surface area contributed by atoms with E-state index in [-0.39, 0.29) is 12.0 Å². The smallest absolute Gasteiger partial charge is 0.339 e. The van der Waals surface area contributed by atoms with Gasteiger partial charge >= 0.3 is 5.97 Å². The number of aromatic nitrogens is 2. The van der Waals surface area contributed by atoms with Crippen LogP contribution in [0.3, 0.4) is 0 Å². The van der Waals surface area contributed by atoms with Gasteiger partial charge in [0, 0.05) is 5.39 Å². The largest absolute Gasteiger partial charge is 0.467 e. The van der Waals surface area contributed by atoms with Gasteiger partial charge in [0.1, 0.15) is 0 Å². The van der Waals surface area contributed by atoms with Crippen LogP contribution in [0.15, 0.2) is 35.3 Å². The molecule has 2 rings (SSSR count). The summed E-state index contributed by atoms with van der Waals surface area (Å²) in [6.07, 6.45) is 1.16. The van der Waals surface area contributed by atoms with E-state index >= 15 is 0 Å². The van der Waals surface area contributed by atoms with E-state index in [1.807, 2.05) is 0 Å². The molecule has 1 aromatic carbocycles. The van der Waals surface area contributed by atoms with Gasteiger partial charge in [0.25, 0.3) is 0 Å². The predicted octanol–water partition coefficient (Wildman–Crippen LogP) is 0.320. The van der Waals surface area contributed by atoms with Crippen LogP contribution < -0.4 is 5.43 Å². The molecule has 0 aliphatic carbocycles. The summed E-state index contributed by atoms with van der Waals surface area (Å²) in [5.41, 5.74) is -1.36. The molecule has 0 saturated carbocycles. The minimum atomic E-state index is -1.71. The molecular formula is C13H14N2O4. The lowest BCUT2D eigenvalue weighted by molar-refractivity contribution is -0.161. The van der Waals surface area contributed by atoms with Crippen molar-refractivity contribution in [1.29, 1.82) is 0 Å². The van der Waals surface area contributed by atoms with Crippen molar-refractivity contribution >= 4 is 16.9 Å². The van der Waals surface area contributed by atoms with Crippen molar-refractivity contribution in [2.75, 3.05) is 7.11 Å². The maximum Gasteiger partial charge on any atom is 0.339 e. The van der Waals surface area contributed by atoms with Crippen molar-refractivity contribution in [2.45, 2.75) is 19.1 Å². The van der Waals surface area contributed by atoms with Crippen LogP contribution in [-0.2, 0) is 16.1 Å². The molecule has 0 fully saturated rings. The van der Waals surface area contributed by atoms with Crippen LogP contribution in [0.2, 0.25) is 0 Å². The number of methoxy groups -OCH3 is 1. The van der Waals surface area contributed by atoms with Gasteiger partial charge in [0.2, 0.25) is 5.43 Å². The Morgan fingerprint density at radius 3 is 2.84 bits per heavy atom. The summed E-state index contributed by atoms with van der Waals surface area (Å²) in [7, 11) is 1.20. The Balaban J connectivity index is 2.50. The molecule has 1 unspecified atom stereocenters. The van der Waals surface area contributed by atoms with Gasteiger partial charge in [-0.05, 0) is 19.1 Å². The second-order valence-electron chi connectivity index (χ2n) is 4.45. The minimum absolute atomic E-state index is 0.0968. The standard InChI is InChI=1S/C13H14N2O4/c1-13(18,12(17)19-2)8-15-10-6-4-3-5-9(10)11(16)7-14-15/h3-7,18H,8H2,1-2H3.